The molecule has 1 aliphatic rings. The molecule has 0 unspecified atom stereocenters. The molecule has 0 aliphatic carbocycles. The van der Waals surface area contributed by atoms with Gasteiger partial charge in [0.2, 0.25) is 0 Å². The number of benzene rings is 1. The van der Waals surface area contributed by atoms with E-state index in [1.807, 2.05) is 29.8 Å². The normalized spacial score (nSPS) is 14.2. The van der Waals surface area contributed by atoms with E-state index in [-0.39, 0.29) is 0 Å². The van der Waals surface area contributed by atoms with Crippen molar-refractivity contribution in [1.29, 1.82) is 0 Å². The second-order valence-electron chi connectivity index (χ2n) is 7.11. The monoisotopic (exact) mass is 378 g/mol. The molecule has 27 heavy (non-hydrogen) atoms. The Morgan fingerprint density at radius 2 is 1.74 bits per heavy atom. The molecule has 0 N–H and O–H groups in total. The van der Waals surface area contributed by atoms with Crippen LogP contribution >= 0.6 is 11.3 Å². The van der Waals surface area contributed by atoms with Gasteiger partial charge in [-0.2, -0.15) is 0 Å². The topological polar surface area (TPSA) is 32.3 Å². The number of pyridine rings is 1. The summed E-state index contributed by atoms with van der Waals surface area (Å²) >= 11 is 1.85. The minimum atomic E-state index is 0.914. The largest absolute Gasteiger partial charge is 0.348 e. The van der Waals surface area contributed by atoms with E-state index in [2.05, 4.69) is 62.4 Å². The first kappa shape index (κ1) is 18.1. The van der Waals surface area contributed by atoms with Crippen molar-refractivity contribution in [2.24, 2.45) is 0 Å². The highest BCUT2D eigenvalue weighted by atomic mass is 32.1. The lowest BCUT2D eigenvalue weighted by atomic mass is 10.1. The standard InChI is InChI=1S/C22H26N4S/c1-2-7-19(8-3-1)10-14-25(17-20-9-6-11-23-15-20)18-21-16-24-22(27-21)26-12-4-5-13-26/h1-3,6-9,11,15-16H,4-5,10,12-14,17-18H2. The average molecular weight is 379 g/mol. The average Bonchev–Trinajstić information content (AvgIpc) is 3.40. The van der Waals surface area contributed by atoms with E-state index < -0.39 is 0 Å². The second-order valence-corrected chi connectivity index (χ2v) is 8.20. The van der Waals surface area contributed by atoms with Crippen molar-refractivity contribution in [2.45, 2.75) is 32.4 Å². The molecular formula is C22H26N4S. The van der Waals surface area contributed by atoms with E-state index in [0.717, 1.165) is 39.1 Å². The molecule has 140 valence electrons. The molecule has 1 fully saturated rings. The fraction of sp³-hybridized carbons (Fsp3) is 0.364. The highest BCUT2D eigenvalue weighted by molar-refractivity contribution is 7.15. The van der Waals surface area contributed by atoms with Gasteiger partial charge in [0.15, 0.2) is 5.13 Å². The Morgan fingerprint density at radius 1 is 0.926 bits per heavy atom. The Kier molecular flexibility index (Phi) is 6.12. The number of anilines is 1. The summed E-state index contributed by atoms with van der Waals surface area (Å²) in [7, 11) is 0. The van der Waals surface area contributed by atoms with E-state index >= 15 is 0 Å². The molecule has 1 aromatic carbocycles. The first-order valence-electron chi connectivity index (χ1n) is 9.72. The highest BCUT2D eigenvalue weighted by Crippen LogP contribution is 2.27. The van der Waals surface area contributed by atoms with Crippen molar-refractivity contribution in [3.8, 4) is 0 Å². The van der Waals surface area contributed by atoms with Crippen molar-refractivity contribution < 1.29 is 0 Å². The summed E-state index contributed by atoms with van der Waals surface area (Å²) in [6, 6.07) is 14.9. The third-order valence-electron chi connectivity index (χ3n) is 4.99. The van der Waals surface area contributed by atoms with Gasteiger partial charge in [-0.15, -0.1) is 11.3 Å². The molecular weight excluding hydrogens is 352 g/mol. The van der Waals surface area contributed by atoms with Gasteiger partial charge < -0.3 is 4.90 Å². The van der Waals surface area contributed by atoms with Crippen LogP contribution in [-0.4, -0.2) is 34.5 Å². The lowest BCUT2D eigenvalue weighted by Gasteiger charge is -2.21. The van der Waals surface area contributed by atoms with Crippen LogP contribution < -0.4 is 4.90 Å². The van der Waals surface area contributed by atoms with Gasteiger partial charge in [0.05, 0.1) is 0 Å². The molecule has 0 spiro atoms. The number of thiazole rings is 1. The Labute approximate surface area is 165 Å². The SMILES string of the molecule is c1ccc(CCN(Cc2cccnc2)Cc2cnc(N3CCCC3)s2)cc1. The maximum absolute atomic E-state index is 4.68. The second kappa shape index (κ2) is 9.11. The van der Waals surface area contributed by atoms with Crippen LogP contribution in [0.5, 0.6) is 0 Å². The van der Waals surface area contributed by atoms with Crippen molar-refractivity contribution in [3.05, 3.63) is 77.1 Å². The first-order valence-corrected chi connectivity index (χ1v) is 10.5. The Hall–Kier alpha value is -2.24. The molecule has 0 bridgehead atoms. The van der Waals surface area contributed by atoms with Crippen LogP contribution in [0.15, 0.2) is 61.1 Å². The molecule has 3 heterocycles. The molecule has 5 heteroatoms. The van der Waals surface area contributed by atoms with Gasteiger partial charge in [0, 0.05) is 56.2 Å². The molecule has 1 aliphatic heterocycles. The van der Waals surface area contributed by atoms with Crippen LogP contribution in [0.2, 0.25) is 0 Å². The number of rotatable bonds is 8. The quantitative estimate of drug-likeness (QED) is 0.582. The minimum absolute atomic E-state index is 0.914. The van der Waals surface area contributed by atoms with E-state index in [4.69, 9.17) is 0 Å². The van der Waals surface area contributed by atoms with E-state index in [0.29, 0.717) is 0 Å². The van der Waals surface area contributed by atoms with Gasteiger partial charge in [-0.1, -0.05) is 36.4 Å². The van der Waals surface area contributed by atoms with Crippen LogP contribution in [0.25, 0.3) is 0 Å². The zero-order valence-electron chi connectivity index (χ0n) is 15.6. The summed E-state index contributed by atoms with van der Waals surface area (Å²) in [5.74, 6) is 0. The van der Waals surface area contributed by atoms with Crippen LogP contribution in [-0.2, 0) is 19.5 Å². The maximum atomic E-state index is 4.68. The van der Waals surface area contributed by atoms with Gasteiger partial charge in [-0.05, 0) is 36.5 Å². The summed E-state index contributed by atoms with van der Waals surface area (Å²) < 4.78 is 0. The lowest BCUT2D eigenvalue weighted by molar-refractivity contribution is 0.262. The van der Waals surface area contributed by atoms with Gasteiger partial charge in [0.25, 0.3) is 0 Å². The predicted molar refractivity (Wildman–Crippen MR) is 112 cm³/mol. The Bertz CT molecular complexity index is 813. The maximum Gasteiger partial charge on any atom is 0.185 e. The van der Waals surface area contributed by atoms with Crippen LogP contribution in [0.3, 0.4) is 0 Å². The Balaban J connectivity index is 1.43. The summed E-state index contributed by atoms with van der Waals surface area (Å²) in [6.07, 6.45) is 9.51. The van der Waals surface area contributed by atoms with Crippen molar-refractivity contribution in [3.63, 3.8) is 0 Å². The summed E-state index contributed by atoms with van der Waals surface area (Å²) in [5, 5.41) is 1.19. The molecule has 0 atom stereocenters. The fourth-order valence-corrected chi connectivity index (χ4v) is 4.55. The lowest BCUT2D eigenvalue weighted by Crippen LogP contribution is -2.25. The van der Waals surface area contributed by atoms with Crippen molar-refractivity contribution >= 4 is 16.5 Å². The van der Waals surface area contributed by atoms with Crippen molar-refractivity contribution in [1.82, 2.24) is 14.9 Å². The molecule has 4 nitrogen and oxygen atoms in total. The van der Waals surface area contributed by atoms with E-state index in [1.54, 1.807) is 0 Å². The molecule has 0 amide bonds. The number of aromatic nitrogens is 2. The zero-order valence-corrected chi connectivity index (χ0v) is 16.4. The molecule has 0 saturated carbocycles. The van der Waals surface area contributed by atoms with Gasteiger partial charge >= 0.3 is 0 Å². The third kappa shape index (κ3) is 5.15. The van der Waals surface area contributed by atoms with Crippen molar-refractivity contribution in [2.75, 3.05) is 24.5 Å². The molecule has 2 aromatic heterocycles. The predicted octanol–water partition coefficient (Wildman–Crippen LogP) is 4.38. The molecule has 3 aromatic rings. The minimum Gasteiger partial charge on any atom is -0.348 e. The molecule has 4 rings (SSSR count). The van der Waals surface area contributed by atoms with Crippen LogP contribution in [0.4, 0.5) is 5.13 Å². The van der Waals surface area contributed by atoms with E-state index in [9.17, 15) is 0 Å². The molecule has 0 radical (unpaired) electrons. The zero-order chi connectivity index (χ0) is 18.3. The summed E-state index contributed by atoms with van der Waals surface area (Å²) in [4.78, 5) is 15.2. The van der Waals surface area contributed by atoms with Gasteiger partial charge in [-0.3, -0.25) is 9.88 Å². The number of hydrogen-bond acceptors (Lipinski definition) is 5. The Morgan fingerprint density at radius 3 is 2.52 bits per heavy atom. The van der Waals surface area contributed by atoms with Gasteiger partial charge in [-0.25, -0.2) is 4.98 Å². The number of hydrogen-bond donors (Lipinski definition) is 0. The summed E-state index contributed by atoms with van der Waals surface area (Å²) in [5.41, 5.74) is 2.64. The van der Waals surface area contributed by atoms with Gasteiger partial charge in [0.1, 0.15) is 0 Å². The smallest absolute Gasteiger partial charge is 0.185 e. The van der Waals surface area contributed by atoms with E-state index in [1.165, 1.54) is 34.0 Å². The highest BCUT2D eigenvalue weighted by Gasteiger charge is 2.17. The fourth-order valence-electron chi connectivity index (χ4n) is 3.54. The number of nitrogens with zero attached hydrogens (tertiary/aromatic N) is 4. The first-order chi connectivity index (χ1) is 13.4. The summed E-state index contributed by atoms with van der Waals surface area (Å²) in [6.45, 7) is 5.18. The molecule has 1 saturated heterocycles. The third-order valence-corrected chi connectivity index (χ3v) is 6.03. The van der Waals surface area contributed by atoms with Crippen LogP contribution in [0, 0.1) is 0 Å². The van der Waals surface area contributed by atoms with Crippen LogP contribution in [0.1, 0.15) is 28.8 Å².